The van der Waals surface area contributed by atoms with Gasteiger partial charge in [0.05, 0.1) is 0 Å². The molecule has 0 fully saturated rings. The van der Waals surface area contributed by atoms with Crippen LogP contribution in [0, 0.1) is 0 Å². The van der Waals surface area contributed by atoms with Gasteiger partial charge in [0.2, 0.25) is 7.37 Å². The van der Waals surface area contributed by atoms with E-state index in [1.165, 1.54) is 0 Å². The van der Waals surface area contributed by atoms with Crippen molar-refractivity contribution < 1.29 is 19.4 Å². The summed E-state index contributed by atoms with van der Waals surface area (Å²) >= 11 is 0. The van der Waals surface area contributed by atoms with Crippen molar-refractivity contribution in [1.29, 1.82) is 0 Å². The fraction of sp³-hybridized carbons (Fsp3) is 0.833. The molecule has 2 atom stereocenters. The Kier molecular flexibility index (Phi) is 8.39. The van der Waals surface area contributed by atoms with Gasteiger partial charge >= 0.3 is 5.97 Å². The first kappa shape index (κ1) is 16.3. The van der Waals surface area contributed by atoms with Crippen LogP contribution in [0.2, 0.25) is 0 Å². The van der Waals surface area contributed by atoms with Crippen molar-refractivity contribution in [3.05, 3.63) is 0 Å². The quantitative estimate of drug-likeness (QED) is 0.465. The zero-order valence-corrected chi connectivity index (χ0v) is 9.34. The monoisotopic (exact) mass is 246 g/mol. The fourth-order valence-corrected chi connectivity index (χ4v) is 2.09. The fourth-order valence-electron chi connectivity index (χ4n) is 0.778. The summed E-state index contributed by atoms with van der Waals surface area (Å²) in [4.78, 5) is 19.4. The van der Waals surface area contributed by atoms with Crippen LogP contribution >= 0.6 is 19.8 Å². The summed E-state index contributed by atoms with van der Waals surface area (Å²) < 4.78 is 11.2. The second-order valence-corrected chi connectivity index (χ2v) is 5.40. The molecule has 14 heavy (non-hydrogen) atoms. The molecule has 0 saturated carbocycles. The van der Waals surface area contributed by atoms with E-state index in [4.69, 9.17) is 16.6 Å². The van der Waals surface area contributed by atoms with Crippen LogP contribution in [-0.2, 0) is 9.36 Å². The van der Waals surface area contributed by atoms with Crippen LogP contribution in [-0.4, -0.2) is 40.9 Å². The van der Waals surface area contributed by atoms with Crippen LogP contribution in [0.15, 0.2) is 0 Å². The van der Waals surface area contributed by atoms with Gasteiger partial charge in [0.1, 0.15) is 6.04 Å². The molecule has 0 spiro atoms. The second-order valence-electron chi connectivity index (χ2n) is 2.82. The highest BCUT2D eigenvalue weighted by molar-refractivity contribution is 7.58. The molecule has 86 valence electrons. The van der Waals surface area contributed by atoms with E-state index in [1.807, 2.05) is 0 Å². The number of carboxylic acid groups (broad SMARTS) is 1. The second kappa shape index (κ2) is 7.20. The summed E-state index contributed by atoms with van der Waals surface area (Å²) in [5, 5.41) is 8.39. The number of hydrogen-bond acceptors (Lipinski definition) is 4. The number of nitrogens with two attached hydrogens (primary N) is 2. The molecule has 8 heteroatoms. The van der Waals surface area contributed by atoms with Crippen molar-refractivity contribution in [2.45, 2.75) is 12.5 Å². The third-order valence-corrected chi connectivity index (χ3v) is 3.50. The SMILES string of the molecule is Cl.NCCP(=O)(O)CC[C@H](N)C(=O)O. The molecule has 1 unspecified atom stereocenters. The molecule has 6 N–H and O–H groups in total. The Morgan fingerprint density at radius 2 is 1.93 bits per heavy atom. The van der Waals surface area contributed by atoms with Gasteiger partial charge in [-0.1, -0.05) is 0 Å². The lowest BCUT2D eigenvalue weighted by Gasteiger charge is -2.11. The third-order valence-electron chi connectivity index (χ3n) is 1.59. The molecule has 0 aromatic rings. The van der Waals surface area contributed by atoms with E-state index in [0.717, 1.165) is 0 Å². The summed E-state index contributed by atoms with van der Waals surface area (Å²) in [7, 11) is -3.25. The van der Waals surface area contributed by atoms with Crippen molar-refractivity contribution >= 4 is 25.7 Å². The number of carbonyl (C=O) groups is 1. The van der Waals surface area contributed by atoms with Crippen molar-refractivity contribution in [3.63, 3.8) is 0 Å². The van der Waals surface area contributed by atoms with Gasteiger partial charge in [-0.25, -0.2) is 0 Å². The van der Waals surface area contributed by atoms with Gasteiger partial charge in [-0.3, -0.25) is 9.36 Å². The summed E-state index contributed by atoms with van der Waals surface area (Å²) in [6.45, 7) is 0.121. The highest BCUT2D eigenvalue weighted by Crippen LogP contribution is 2.40. The maximum atomic E-state index is 11.2. The van der Waals surface area contributed by atoms with E-state index in [1.54, 1.807) is 0 Å². The minimum Gasteiger partial charge on any atom is -0.480 e. The van der Waals surface area contributed by atoms with Gasteiger partial charge in [-0.05, 0) is 6.42 Å². The number of halogens is 1. The Morgan fingerprint density at radius 3 is 2.29 bits per heavy atom. The number of rotatable bonds is 6. The molecule has 0 rings (SSSR count). The molecule has 0 bridgehead atoms. The van der Waals surface area contributed by atoms with Crippen LogP contribution in [0.5, 0.6) is 0 Å². The first-order valence-electron chi connectivity index (χ1n) is 3.88. The molecule has 0 aliphatic rings. The number of aliphatic carboxylic acids is 1. The van der Waals surface area contributed by atoms with Crippen LogP contribution in [0.25, 0.3) is 0 Å². The van der Waals surface area contributed by atoms with Crippen LogP contribution in [0.1, 0.15) is 6.42 Å². The maximum Gasteiger partial charge on any atom is 0.320 e. The highest BCUT2D eigenvalue weighted by Gasteiger charge is 2.20. The average molecular weight is 247 g/mol. The van der Waals surface area contributed by atoms with Gasteiger partial charge in [0.15, 0.2) is 0 Å². The van der Waals surface area contributed by atoms with Gasteiger partial charge in [0, 0.05) is 18.9 Å². The number of carboxylic acids is 1. The largest absolute Gasteiger partial charge is 0.480 e. The molecule has 0 aromatic heterocycles. The molecule has 0 aliphatic heterocycles. The van der Waals surface area contributed by atoms with Crippen molar-refractivity contribution in [2.75, 3.05) is 18.9 Å². The molecule has 0 amide bonds. The van der Waals surface area contributed by atoms with Crippen molar-refractivity contribution in [2.24, 2.45) is 11.5 Å². The smallest absolute Gasteiger partial charge is 0.320 e. The molecular formula is C6H16ClN2O4P. The Labute approximate surface area is 88.5 Å². The van der Waals surface area contributed by atoms with Crippen molar-refractivity contribution in [1.82, 2.24) is 0 Å². The van der Waals surface area contributed by atoms with Crippen LogP contribution in [0.3, 0.4) is 0 Å². The summed E-state index contributed by atoms with van der Waals surface area (Å²) in [5.74, 6) is -1.16. The molecule has 0 radical (unpaired) electrons. The molecule has 6 nitrogen and oxygen atoms in total. The van der Waals surface area contributed by atoms with Crippen LogP contribution < -0.4 is 11.5 Å². The predicted octanol–water partition coefficient (Wildman–Crippen LogP) is -0.561. The first-order valence-corrected chi connectivity index (χ1v) is 5.91. The molecule has 0 heterocycles. The zero-order chi connectivity index (χ0) is 10.5. The summed E-state index contributed by atoms with van der Waals surface area (Å²) in [6.07, 6.45) is -0.0693. The summed E-state index contributed by atoms with van der Waals surface area (Å²) in [6, 6.07) is -1.07. The standard InChI is InChI=1S/C6H15N2O4P.ClH/c7-2-4-13(11,12)3-1-5(8)6(9)10;/h5H,1-4,7-8H2,(H,9,10)(H,11,12);1H/t5-;/m0./s1. The van der Waals surface area contributed by atoms with E-state index in [-0.39, 0.29) is 37.7 Å². The number of hydrogen-bond donors (Lipinski definition) is 4. The predicted molar refractivity (Wildman–Crippen MR) is 56.1 cm³/mol. The molecule has 0 saturated heterocycles. The van der Waals surface area contributed by atoms with Gasteiger partial charge in [-0.15, -0.1) is 12.4 Å². The van der Waals surface area contributed by atoms with Gasteiger partial charge < -0.3 is 21.5 Å². The minimum absolute atomic E-state index is 0. The Balaban J connectivity index is 0. The Bertz CT molecular complexity index is 226. The van der Waals surface area contributed by atoms with E-state index in [0.29, 0.717) is 0 Å². The van der Waals surface area contributed by atoms with E-state index in [2.05, 4.69) is 0 Å². The highest BCUT2D eigenvalue weighted by atomic mass is 35.5. The lowest BCUT2D eigenvalue weighted by molar-refractivity contribution is -0.138. The van der Waals surface area contributed by atoms with Gasteiger partial charge in [-0.2, -0.15) is 0 Å². The first-order chi connectivity index (χ1) is 5.89. The van der Waals surface area contributed by atoms with Crippen molar-refractivity contribution in [3.8, 4) is 0 Å². The summed E-state index contributed by atoms with van der Waals surface area (Å²) in [5.41, 5.74) is 10.3. The topological polar surface area (TPSA) is 127 Å². The normalized spacial score (nSPS) is 16.5. The van der Waals surface area contributed by atoms with E-state index < -0.39 is 19.4 Å². The molecular weight excluding hydrogens is 231 g/mol. The van der Waals surface area contributed by atoms with E-state index >= 15 is 0 Å². The zero-order valence-electron chi connectivity index (χ0n) is 7.63. The maximum absolute atomic E-state index is 11.2. The van der Waals surface area contributed by atoms with Gasteiger partial charge in [0.25, 0.3) is 0 Å². The van der Waals surface area contributed by atoms with Crippen LogP contribution in [0.4, 0.5) is 0 Å². The third kappa shape index (κ3) is 7.29. The Morgan fingerprint density at radius 1 is 1.43 bits per heavy atom. The molecule has 0 aromatic carbocycles. The average Bonchev–Trinajstić information content (AvgIpc) is 2.00. The Hall–Kier alpha value is -0.130. The van der Waals surface area contributed by atoms with E-state index in [9.17, 15) is 14.3 Å². The molecule has 0 aliphatic carbocycles. The lowest BCUT2D eigenvalue weighted by atomic mass is 10.2. The minimum atomic E-state index is -3.25. The lowest BCUT2D eigenvalue weighted by Crippen LogP contribution is -2.31.